The summed E-state index contributed by atoms with van der Waals surface area (Å²) < 4.78 is 12.0. The first-order chi connectivity index (χ1) is 9.15. The van der Waals surface area contributed by atoms with E-state index in [4.69, 9.17) is 9.47 Å². The highest BCUT2D eigenvalue weighted by Crippen LogP contribution is 2.40. The smallest absolute Gasteiger partial charge is 0.169 e. The molecule has 1 aliphatic rings. The molecular weight excluding hydrogens is 236 g/mol. The van der Waals surface area contributed by atoms with Crippen molar-refractivity contribution in [1.82, 2.24) is 0 Å². The SMILES string of the molecule is CC1(C)Oc2ccccc2O/C1=C\c1ccccc1. The van der Waals surface area contributed by atoms with E-state index in [-0.39, 0.29) is 0 Å². The summed E-state index contributed by atoms with van der Waals surface area (Å²) in [5.74, 6) is 2.37. The maximum Gasteiger partial charge on any atom is 0.169 e. The lowest BCUT2D eigenvalue weighted by Gasteiger charge is -2.34. The molecule has 0 fully saturated rings. The zero-order chi connectivity index (χ0) is 13.3. The van der Waals surface area contributed by atoms with Crippen LogP contribution in [-0.2, 0) is 0 Å². The molecule has 0 spiro atoms. The molecule has 0 saturated carbocycles. The summed E-state index contributed by atoms with van der Waals surface area (Å²) in [7, 11) is 0. The van der Waals surface area contributed by atoms with Gasteiger partial charge in [0.05, 0.1) is 0 Å². The minimum atomic E-state index is -0.468. The molecule has 0 bridgehead atoms. The van der Waals surface area contributed by atoms with Gasteiger partial charge in [-0.05, 0) is 37.6 Å². The summed E-state index contributed by atoms with van der Waals surface area (Å²) >= 11 is 0. The third kappa shape index (κ3) is 2.34. The Morgan fingerprint density at radius 3 is 2.21 bits per heavy atom. The van der Waals surface area contributed by atoms with Gasteiger partial charge in [-0.15, -0.1) is 0 Å². The monoisotopic (exact) mass is 252 g/mol. The maximum absolute atomic E-state index is 6.01. The summed E-state index contributed by atoms with van der Waals surface area (Å²) in [6, 6.07) is 17.9. The van der Waals surface area contributed by atoms with Gasteiger partial charge in [0.2, 0.25) is 0 Å². The first-order valence-corrected chi connectivity index (χ1v) is 6.38. The number of ether oxygens (including phenoxy) is 2. The average molecular weight is 252 g/mol. The standard InChI is InChI=1S/C17H16O2/c1-17(2)16(12-13-8-4-3-5-9-13)18-14-10-6-7-11-15(14)19-17/h3-12H,1-2H3/b16-12-. The molecule has 0 amide bonds. The second-order valence-electron chi connectivity index (χ2n) is 5.08. The molecule has 0 N–H and O–H groups in total. The van der Waals surface area contributed by atoms with Gasteiger partial charge in [0.25, 0.3) is 0 Å². The molecule has 2 aromatic rings. The number of para-hydroxylation sites is 2. The molecule has 0 aliphatic carbocycles. The van der Waals surface area contributed by atoms with Gasteiger partial charge >= 0.3 is 0 Å². The first-order valence-electron chi connectivity index (χ1n) is 6.38. The van der Waals surface area contributed by atoms with E-state index < -0.39 is 5.60 Å². The van der Waals surface area contributed by atoms with Crippen LogP contribution in [0.3, 0.4) is 0 Å². The summed E-state index contributed by atoms with van der Waals surface area (Å²) in [6.45, 7) is 4.02. The van der Waals surface area contributed by atoms with Gasteiger partial charge in [-0.2, -0.15) is 0 Å². The quantitative estimate of drug-likeness (QED) is 0.754. The van der Waals surface area contributed by atoms with Crippen LogP contribution in [0.1, 0.15) is 19.4 Å². The molecule has 0 unspecified atom stereocenters. The van der Waals surface area contributed by atoms with Gasteiger partial charge in [0, 0.05) is 0 Å². The zero-order valence-corrected chi connectivity index (χ0v) is 11.1. The van der Waals surface area contributed by atoms with Crippen molar-refractivity contribution in [3.8, 4) is 11.5 Å². The number of rotatable bonds is 1. The molecular formula is C17H16O2. The molecule has 96 valence electrons. The van der Waals surface area contributed by atoms with Gasteiger partial charge in [-0.3, -0.25) is 0 Å². The van der Waals surface area contributed by atoms with Crippen molar-refractivity contribution in [2.24, 2.45) is 0 Å². The van der Waals surface area contributed by atoms with Crippen LogP contribution >= 0.6 is 0 Å². The van der Waals surface area contributed by atoms with Crippen molar-refractivity contribution in [3.05, 3.63) is 65.9 Å². The molecule has 0 saturated heterocycles. The Hall–Kier alpha value is -2.22. The lowest BCUT2D eigenvalue weighted by molar-refractivity contribution is 0.0758. The lowest BCUT2D eigenvalue weighted by Crippen LogP contribution is -2.36. The summed E-state index contributed by atoms with van der Waals surface area (Å²) in [6.07, 6.45) is 2.02. The number of benzene rings is 2. The highest BCUT2D eigenvalue weighted by Gasteiger charge is 2.33. The van der Waals surface area contributed by atoms with E-state index in [1.165, 1.54) is 0 Å². The van der Waals surface area contributed by atoms with Crippen LogP contribution in [0.5, 0.6) is 11.5 Å². The molecule has 2 heteroatoms. The predicted molar refractivity (Wildman–Crippen MR) is 76.2 cm³/mol. The molecule has 2 aromatic carbocycles. The fourth-order valence-electron chi connectivity index (χ4n) is 2.09. The Bertz CT molecular complexity index is 612. The highest BCUT2D eigenvalue weighted by molar-refractivity contribution is 5.56. The van der Waals surface area contributed by atoms with Crippen LogP contribution in [0.4, 0.5) is 0 Å². The maximum atomic E-state index is 6.01. The minimum Gasteiger partial charge on any atom is -0.476 e. The topological polar surface area (TPSA) is 18.5 Å². The minimum absolute atomic E-state index is 0.468. The van der Waals surface area contributed by atoms with E-state index in [0.29, 0.717) is 0 Å². The Kier molecular flexibility index (Phi) is 2.79. The van der Waals surface area contributed by atoms with Crippen molar-refractivity contribution in [2.75, 3.05) is 0 Å². The highest BCUT2D eigenvalue weighted by atomic mass is 16.6. The van der Waals surface area contributed by atoms with E-state index in [1.807, 2.05) is 74.5 Å². The zero-order valence-electron chi connectivity index (χ0n) is 11.1. The van der Waals surface area contributed by atoms with E-state index >= 15 is 0 Å². The summed E-state index contributed by atoms with van der Waals surface area (Å²) in [5, 5.41) is 0. The van der Waals surface area contributed by atoms with E-state index in [2.05, 4.69) is 0 Å². The second-order valence-corrected chi connectivity index (χ2v) is 5.08. The Morgan fingerprint density at radius 1 is 0.842 bits per heavy atom. The van der Waals surface area contributed by atoms with E-state index in [9.17, 15) is 0 Å². The van der Waals surface area contributed by atoms with Crippen molar-refractivity contribution in [1.29, 1.82) is 0 Å². The molecule has 0 aromatic heterocycles. The fourth-order valence-corrected chi connectivity index (χ4v) is 2.09. The molecule has 3 rings (SSSR count). The fraction of sp³-hybridized carbons (Fsp3) is 0.176. The molecule has 2 nitrogen and oxygen atoms in total. The predicted octanol–water partition coefficient (Wildman–Crippen LogP) is 4.28. The van der Waals surface area contributed by atoms with E-state index in [1.54, 1.807) is 0 Å². The van der Waals surface area contributed by atoms with Crippen LogP contribution in [0.15, 0.2) is 60.4 Å². The Balaban J connectivity index is 2.01. The van der Waals surface area contributed by atoms with Crippen LogP contribution in [0, 0.1) is 0 Å². The van der Waals surface area contributed by atoms with Crippen molar-refractivity contribution in [3.63, 3.8) is 0 Å². The van der Waals surface area contributed by atoms with Crippen LogP contribution in [-0.4, -0.2) is 5.60 Å². The van der Waals surface area contributed by atoms with Crippen molar-refractivity contribution < 1.29 is 9.47 Å². The van der Waals surface area contributed by atoms with Gasteiger partial charge in [-0.1, -0.05) is 42.5 Å². The van der Waals surface area contributed by atoms with Crippen LogP contribution < -0.4 is 9.47 Å². The Labute approximate surface area is 113 Å². The molecule has 1 heterocycles. The van der Waals surface area contributed by atoms with Gasteiger partial charge < -0.3 is 9.47 Å². The summed E-state index contributed by atoms with van der Waals surface area (Å²) in [5.41, 5.74) is 0.637. The largest absolute Gasteiger partial charge is 0.476 e. The normalized spacial score (nSPS) is 18.3. The third-order valence-corrected chi connectivity index (χ3v) is 3.12. The van der Waals surface area contributed by atoms with Crippen LogP contribution in [0.2, 0.25) is 0 Å². The number of hydrogen-bond acceptors (Lipinski definition) is 2. The lowest BCUT2D eigenvalue weighted by atomic mass is 10.0. The Morgan fingerprint density at radius 2 is 1.47 bits per heavy atom. The average Bonchev–Trinajstić information content (AvgIpc) is 2.40. The molecule has 0 radical (unpaired) electrons. The van der Waals surface area contributed by atoms with Crippen LogP contribution in [0.25, 0.3) is 6.08 Å². The summed E-state index contributed by atoms with van der Waals surface area (Å²) in [4.78, 5) is 0. The third-order valence-electron chi connectivity index (χ3n) is 3.12. The molecule has 1 aliphatic heterocycles. The number of fused-ring (bicyclic) bond motifs is 1. The van der Waals surface area contributed by atoms with Gasteiger partial charge in [-0.25, -0.2) is 0 Å². The molecule has 0 atom stereocenters. The second kappa shape index (κ2) is 4.47. The molecule has 19 heavy (non-hydrogen) atoms. The van der Waals surface area contributed by atoms with Crippen molar-refractivity contribution in [2.45, 2.75) is 19.4 Å². The number of hydrogen-bond donors (Lipinski definition) is 0. The van der Waals surface area contributed by atoms with Gasteiger partial charge in [0.15, 0.2) is 17.1 Å². The van der Waals surface area contributed by atoms with E-state index in [0.717, 1.165) is 22.8 Å². The van der Waals surface area contributed by atoms with Crippen molar-refractivity contribution >= 4 is 6.08 Å². The van der Waals surface area contributed by atoms with Gasteiger partial charge in [0.1, 0.15) is 5.76 Å². The first kappa shape index (κ1) is 11.8.